The van der Waals surface area contributed by atoms with E-state index in [0.29, 0.717) is 22.8 Å². The average molecular weight is 373 g/mol. The molecule has 7 heteroatoms. The zero-order chi connectivity index (χ0) is 18.5. The smallest absolute Gasteiger partial charge is 0.249 e. The van der Waals surface area contributed by atoms with Crippen LogP contribution in [0.15, 0.2) is 60.2 Å². The van der Waals surface area contributed by atoms with Crippen LogP contribution in [0.5, 0.6) is 11.5 Å². The quantitative estimate of drug-likeness (QED) is 0.746. The van der Waals surface area contributed by atoms with Crippen LogP contribution >= 0.6 is 12.0 Å². The monoisotopic (exact) mass is 373 g/mol. The summed E-state index contributed by atoms with van der Waals surface area (Å²) in [5.41, 5.74) is 7.52. The van der Waals surface area contributed by atoms with Crippen LogP contribution in [-0.2, 0) is 19.5 Å². The Morgan fingerprint density at radius 2 is 1.73 bits per heavy atom. The van der Waals surface area contributed by atoms with Crippen molar-refractivity contribution in [2.75, 3.05) is 14.2 Å². The number of Topliss-reactive ketones (excluding diaryl/α,β-unsaturated/α-hetero) is 1. The topological polar surface area (TPSA) is 80.0 Å². The van der Waals surface area contributed by atoms with Gasteiger partial charge in [-0.15, -0.1) is 0 Å². The predicted molar refractivity (Wildman–Crippen MR) is 98.4 cm³/mol. The van der Waals surface area contributed by atoms with Gasteiger partial charge in [-0.2, -0.15) is 0 Å². The van der Waals surface area contributed by atoms with Crippen LogP contribution in [0.2, 0.25) is 0 Å². The van der Waals surface area contributed by atoms with Gasteiger partial charge >= 0.3 is 0 Å². The highest BCUT2D eigenvalue weighted by molar-refractivity contribution is 7.94. The van der Waals surface area contributed by atoms with Crippen LogP contribution < -0.4 is 15.2 Å². The van der Waals surface area contributed by atoms with E-state index in [4.69, 9.17) is 24.1 Å². The Morgan fingerprint density at radius 1 is 1.08 bits per heavy atom. The van der Waals surface area contributed by atoms with Crippen LogP contribution in [0.25, 0.3) is 0 Å². The van der Waals surface area contributed by atoms with Crippen molar-refractivity contribution in [2.24, 2.45) is 5.73 Å². The van der Waals surface area contributed by atoms with E-state index in [9.17, 15) is 4.79 Å². The Hall–Kier alpha value is -2.80. The normalized spacial score (nSPS) is 16.4. The minimum absolute atomic E-state index is 0.0256. The van der Waals surface area contributed by atoms with Gasteiger partial charge in [0.25, 0.3) is 0 Å². The highest BCUT2D eigenvalue weighted by Crippen LogP contribution is 2.36. The lowest BCUT2D eigenvalue weighted by Crippen LogP contribution is -2.11. The number of carbonyl (C=O) groups is 1. The molecule has 1 aliphatic heterocycles. The third kappa shape index (κ3) is 3.88. The molecule has 0 radical (unpaired) electrons. The van der Waals surface area contributed by atoms with Crippen LogP contribution in [0.3, 0.4) is 0 Å². The van der Waals surface area contributed by atoms with Crippen LogP contribution in [0.4, 0.5) is 0 Å². The fraction of sp³-hybridized carbons (Fsp3) is 0.211. The molecule has 1 aliphatic rings. The second-order valence-electron chi connectivity index (χ2n) is 5.53. The first kappa shape index (κ1) is 18.0. The fourth-order valence-electron chi connectivity index (χ4n) is 2.49. The second kappa shape index (κ2) is 8.05. The van der Waals surface area contributed by atoms with Gasteiger partial charge in [0.1, 0.15) is 11.5 Å². The van der Waals surface area contributed by atoms with E-state index < -0.39 is 6.10 Å². The lowest BCUT2D eigenvalue weighted by atomic mass is 10.1. The number of hydrogen-bond donors (Lipinski definition) is 1. The Morgan fingerprint density at radius 3 is 2.35 bits per heavy atom. The molecule has 2 N–H and O–H groups in total. The fourth-order valence-corrected chi connectivity index (χ4v) is 3.16. The molecule has 1 unspecified atom stereocenters. The molecule has 0 amide bonds. The first-order valence-corrected chi connectivity index (χ1v) is 8.80. The van der Waals surface area contributed by atoms with E-state index in [0.717, 1.165) is 17.6 Å². The highest BCUT2D eigenvalue weighted by atomic mass is 32.2. The van der Waals surface area contributed by atoms with Crippen molar-refractivity contribution in [1.82, 2.24) is 0 Å². The summed E-state index contributed by atoms with van der Waals surface area (Å²) in [5, 5.41) is 0. The lowest BCUT2D eigenvalue weighted by molar-refractivity contribution is -0.122. The molecular formula is C19H19NO5S. The van der Waals surface area contributed by atoms with E-state index in [-0.39, 0.29) is 17.4 Å². The summed E-state index contributed by atoms with van der Waals surface area (Å²) in [5.74, 6) is 1.37. The number of hydrogen-bond acceptors (Lipinski definition) is 7. The minimum atomic E-state index is -0.883. The van der Waals surface area contributed by atoms with Gasteiger partial charge in [-0.1, -0.05) is 30.3 Å². The van der Waals surface area contributed by atoms with Gasteiger partial charge in [0, 0.05) is 11.6 Å². The molecule has 0 fully saturated rings. The molecule has 0 aromatic heterocycles. The molecule has 2 aromatic carbocycles. The number of ether oxygens (including phenoxy) is 3. The molecule has 0 bridgehead atoms. The van der Waals surface area contributed by atoms with E-state index in [2.05, 4.69) is 0 Å². The molecule has 0 spiro atoms. The highest BCUT2D eigenvalue weighted by Gasteiger charge is 2.38. The van der Waals surface area contributed by atoms with Gasteiger partial charge in [0.05, 0.1) is 32.0 Å². The van der Waals surface area contributed by atoms with Gasteiger partial charge in [0.15, 0.2) is 6.10 Å². The van der Waals surface area contributed by atoms with Crippen molar-refractivity contribution < 1.29 is 23.2 Å². The van der Waals surface area contributed by atoms with Crippen LogP contribution in [0, 0.1) is 0 Å². The van der Waals surface area contributed by atoms with Crippen molar-refractivity contribution in [3.63, 3.8) is 0 Å². The molecule has 0 saturated heterocycles. The Balaban J connectivity index is 1.69. The van der Waals surface area contributed by atoms with E-state index in [1.165, 1.54) is 14.2 Å². The second-order valence-corrected chi connectivity index (χ2v) is 6.22. The van der Waals surface area contributed by atoms with Gasteiger partial charge in [-0.25, -0.2) is 0 Å². The van der Waals surface area contributed by atoms with Crippen molar-refractivity contribution >= 4 is 17.8 Å². The minimum Gasteiger partial charge on any atom is -0.497 e. The maximum atomic E-state index is 12.7. The molecule has 2 aromatic rings. The molecule has 0 saturated carbocycles. The molecule has 3 rings (SSSR count). The van der Waals surface area contributed by atoms with Gasteiger partial charge < -0.3 is 24.1 Å². The first-order chi connectivity index (χ1) is 12.6. The Labute approximate surface area is 156 Å². The number of rotatable bonds is 7. The zero-order valence-electron chi connectivity index (χ0n) is 14.4. The van der Waals surface area contributed by atoms with Gasteiger partial charge in [0.2, 0.25) is 17.4 Å². The standard InChI is InChI=1S/C19H19NO5S/c1-22-14-8-13(9-15(10-14)23-2)17-16(21)18(19(20)24-17)25-26-11-12-6-4-3-5-7-12/h3-10,17H,11,20H2,1-2H3. The number of methoxy groups -OCH3 is 2. The molecular weight excluding hydrogens is 354 g/mol. The molecule has 0 aliphatic carbocycles. The number of ketones is 1. The van der Waals surface area contributed by atoms with E-state index in [1.54, 1.807) is 18.2 Å². The third-order valence-electron chi connectivity index (χ3n) is 3.82. The molecule has 6 nitrogen and oxygen atoms in total. The summed E-state index contributed by atoms with van der Waals surface area (Å²) < 4.78 is 21.5. The Bertz CT molecular complexity index is 800. The van der Waals surface area contributed by atoms with Crippen molar-refractivity contribution in [1.29, 1.82) is 0 Å². The summed E-state index contributed by atoms with van der Waals surface area (Å²) in [6, 6.07) is 14.9. The largest absolute Gasteiger partial charge is 0.497 e. The van der Waals surface area contributed by atoms with Gasteiger partial charge in [-0.05, 0) is 17.7 Å². The maximum Gasteiger partial charge on any atom is 0.249 e. The molecule has 1 heterocycles. The summed E-state index contributed by atoms with van der Waals surface area (Å²) in [6.07, 6.45) is -0.883. The summed E-state index contributed by atoms with van der Waals surface area (Å²) in [6.45, 7) is 0. The SMILES string of the molecule is COc1cc(OC)cc(C2OC(N)=C(OSCc3ccccc3)C2=O)c1. The van der Waals surface area contributed by atoms with E-state index >= 15 is 0 Å². The van der Waals surface area contributed by atoms with Crippen molar-refractivity contribution in [2.45, 2.75) is 11.9 Å². The van der Waals surface area contributed by atoms with E-state index in [1.807, 2.05) is 30.3 Å². The predicted octanol–water partition coefficient (Wildman–Crippen LogP) is 3.34. The van der Waals surface area contributed by atoms with Crippen LogP contribution in [-0.4, -0.2) is 20.0 Å². The first-order valence-electron chi connectivity index (χ1n) is 7.89. The summed E-state index contributed by atoms with van der Waals surface area (Å²) in [4.78, 5) is 12.7. The van der Waals surface area contributed by atoms with Crippen molar-refractivity contribution in [3.05, 3.63) is 71.3 Å². The molecule has 26 heavy (non-hydrogen) atoms. The summed E-state index contributed by atoms with van der Waals surface area (Å²) in [7, 11) is 3.08. The summed E-state index contributed by atoms with van der Waals surface area (Å²) >= 11 is 1.14. The number of benzene rings is 2. The van der Waals surface area contributed by atoms with Crippen molar-refractivity contribution in [3.8, 4) is 11.5 Å². The lowest BCUT2D eigenvalue weighted by Gasteiger charge is -2.13. The van der Waals surface area contributed by atoms with Gasteiger partial charge in [-0.3, -0.25) is 4.79 Å². The molecule has 136 valence electrons. The zero-order valence-corrected chi connectivity index (χ0v) is 15.2. The maximum absolute atomic E-state index is 12.7. The average Bonchev–Trinajstić information content (AvgIpc) is 2.96. The number of carbonyl (C=O) groups excluding carboxylic acids is 1. The third-order valence-corrected chi connectivity index (χ3v) is 4.55. The molecule has 1 atom stereocenters. The Kier molecular flexibility index (Phi) is 5.58. The van der Waals surface area contributed by atoms with Crippen LogP contribution in [0.1, 0.15) is 17.2 Å². The number of nitrogens with two attached hydrogens (primary N) is 1.